The van der Waals surface area contributed by atoms with Crippen molar-refractivity contribution in [3.05, 3.63) is 59.0 Å². The van der Waals surface area contributed by atoms with Gasteiger partial charge in [-0.25, -0.2) is 9.69 Å². The van der Waals surface area contributed by atoms with E-state index in [-0.39, 0.29) is 4.91 Å². The fourth-order valence-electron chi connectivity index (χ4n) is 2.41. The quantitative estimate of drug-likeness (QED) is 0.762. The summed E-state index contributed by atoms with van der Waals surface area (Å²) in [5, 5.41) is 8.28. The second kappa shape index (κ2) is 7.96. The standard InChI is InChI=1S/C19H15NO6S/c1-25-14-7-5-13(6-8-14)20-18(23)16(27-19(20)24)10-12-3-2-4-15(9-12)26-11-17(21)22/h2-10H,11H2,1H3,(H,21,22)/b16-10+. The molecule has 0 aliphatic carbocycles. The molecule has 0 aromatic heterocycles. The van der Waals surface area contributed by atoms with Crippen LogP contribution in [0.25, 0.3) is 6.08 Å². The molecule has 1 aliphatic heterocycles. The maximum absolute atomic E-state index is 12.7. The Balaban J connectivity index is 1.81. The van der Waals surface area contributed by atoms with E-state index in [1.807, 2.05) is 0 Å². The van der Waals surface area contributed by atoms with Gasteiger partial charge < -0.3 is 14.6 Å². The molecule has 1 N–H and O–H groups in total. The molecule has 2 aromatic rings. The Bertz CT molecular complexity index is 922. The molecule has 0 atom stereocenters. The van der Waals surface area contributed by atoms with Crippen LogP contribution in [-0.4, -0.2) is 35.9 Å². The van der Waals surface area contributed by atoms with Gasteiger partial charge in [0.05, 0.1) is 17.7 Å². The first-order valence-electron chi connectivity index (χ1n) is 7.84. The van der Waals surface area contributed by atoms with Crippen LogP contribution < -0.4 is 14.4 Å². The average molecular weight is 385 g/mol. The number of hydrogen-bond donors (Lipinski definition) is 1. The number of carbonyl (C=O) groups excluding carboxylic acids is 2. The van der Waals surface area contributed by atoms with Crippen molar-refractivity contribution in [2.45, 2.75) is 0 Å². The van der Waals surface area contributed by atoms with Crippen molar-refractivity contribution in [3.63, 3.8) is 0 Å². The van der Waals surface area contributed by atoms with Crippen molar-refractivity contribution < 1.29 is 29.0 Å². The second-order valence-electron chi connectivity index (χ2n) is 5.47. The number of carboxylic acids is 1. The Morgan fingerprint density at radius 2 is 1.89 bits per heavy atom. The van der Waals surface area contributed by atoms with Crippen molar-refractivity contribution in [1.82, 2.24) is 0 Å². The van der Waals surface area contributed by atoms with E-state index in [2.05, 4.69) is 0 Å². The average Bonchev–Trinajstić information content (AvgIpc) is 2.94. The Hall–Kier alpha value is -3.26. The van der Waals surface area contributed by atoms with Crippen LogP contribution in [0.5, 0.6) is 11.5 Å². The number of aliphatic carboxylic acids is 1. The molecule has 2 amide bonds. The summed E-state index contributed by atoms with van der Waals surface area (Å²) in [5.41, 5.74) is 1.08. The third kappa shape index (κ3) is 4.29. The van der Waals surface area contributed by atoms with Crippen LogP contribution in [-0.2, 0) is 9.59 Å². The summed E-state index contributed by atoms with van der Waals surface area (Å²) in [6.07, 6.45) is 1.57. The predicted molar refractivity (Wildman–Crippen MR) is 101 cm³/mol. The summed E-state index contributed by atoms with van der Waals surface area (Å²) in [7, 11) is 1.53. The van der Waals surface area contributed by atoms with Crippen molar-refractivity contribution >= 4 is 40.6 Å². The molecular weight excluding hydrogens is 370 g/mol. The van der Waals surface area contributed by atoms with E-state index in [9.17, 15) is 14.4 Å². The summed E-state index contributed by atoms with van der Waals surface area (Å²) < 4.78 is 10.2. The van der Waals surface area contributed by atoms with E-state index in [4.69, 9.17) is 14.6 Å². The molecule has 0 spiro atoms. The van der Waals surface area contributed by atoms with Crippen molar-refractivity contribution in [2.75, 3.05) is 18.6 Å². The number of carbonyl (C=O) groups is 3. The van der Waals surface area contributed by atoms with Crippen molar-refractivity contribution in [3.8, 4) is 11.5 Å². The molecule has 27 heavy (non-hydrogen) atoms. The van der Waals surface area contributed by atoms with E-state index in [1.54, 1.807) is 54.6 Å². The molecule has 3 rings (SSSR count). The summed E-state index contributed by atoms with van der Waals surface area (Å²) in [6.45, 7) is -0.461. The minimum Gasteiger partial charge on any atom is -0.497 e. The van der Waals surface area contributed by atoms with E-state index >= 15 is 0 Å². The summed E-state index contributed by atoms with van der Waals surface area (Å²) >= 11 is 0.838. The number of rotatable bonds is 6. The topological polar surface area (TPSA) is 93.1 Å². The van der Waals surface area contributed by atoms with Gasteiger partial charge in [-0.05, 0) is 59.8 Å². The lowest BCUT2D eigenvalue weighted by Gasteiger charge is -2.12. The van der Waals surface area contributed by atoms with E-state index in [0.29, 0.717) is 22.7 Å². The number of hydrogen-bond acceptors (Lipinski definition) is 6. The van der Waals surface area contributed by atoms with Crippen LogP contribution in [0.15, 0.2) is 53.4 Å². The van der Waals surface area contributed by atoms with E-state index < -0.39 is 23.7 Å². The molecule has 1 aliphatic rings. The first-order chi connectivity index (χ1) is 13.0. The van der Waals surface area contributed by atoms with Crippen LogP contribution in [0.4, 0.5) is 10.5 Å². The smallest absolute Gasteiger partial charge is 0.341 e. The third-order valence-electron chi connectivity index (χ3n) is 3.64. The Kier molecular flexibility index (Phi) is 5.46. The van der Waals surface area contributed by atoms with Gasteiger partial charge in [-0.2, -0.15) is 0 Å². The zero-order chi connectivity index (χ0) is 19.4. The van der Waals surface area contributed by atoms with Gasteiger partial charge in [0.25, 0.3) is 11.1 Å². The number of nitrogens with zero attached hydrogens (tertiary/aromatic N) is 1. The van der Waals surface area contributed by atoms with E-state index in [0.717, 1.165) is 16.7 Å². The van der Waals surface area contributed by atoms with Crippen molar-refractivity contribution in [1.29, 1.82) is 0 Å². The molecule has 0 saturated carbocycles. The highest BCUT2D eigenvalue weighted by Crippen LogP contribution is 2.36. The zero-order valence-corrected chi connectivity index (χ0v) is 15.1. The number of anilines is 1. The lowest BCUT2D eigenvalue weighted by Crippen LogP contribution is -2.27. The molecule has 2 aromatic carbocycles. The highest BCUT2D eigenvalue weighted by Gasteiger charge is 2.36. The molecule has 0 bridgehead atoms. The highest BCUT2D eigenvalue weighted by molar-refractivity contribution is 8.19. The van der Waals surface area contributed by atoms with Gasteiger partial charge in [0.15, 0.2) is 6.61 Å². The van der Waals surface area contributed by atoms with E-state index in [1.165, 1.54) is 7.11 Å². The van der Waals surface area contributed by atoms with Gasteiger partial charge in [0.2, 0.25) is 0 Å². The molecular formula is C19H15NO6S. The molecule has 0 radical (unpaired) electrons. The van der Waals surface area contributed by atoms with Gasteiger partial charge >= 0.3 is 5.97 Å². The molecule has 8 heteroatoms. The van der Waals surface area contributed by atoms with Crippen LogP contribution in [0, 0.1) is 0 Å². The lowest BCUT2D eigenvalue weighted by atomic mass is 10.2. The first-order valence-corrected chi connectivity index (χ1v) is 8.66. The highest BCUT2D eigenvalue weighted by atomic mass is 32.2. The molecule has 0 unspecified atom stereocenters. The zero-order valence-electron chi connectivity index (χ0n) is 14.2. The van der Waals surface area contributed by atoms with Gasteiger partial charge in [-0.15, -0.1) is 0 Å². The second-order valence-corrected chi connectivity index (χ2v) is 6.46. The Labute approximate surface area is 159 Å². The SMILES string of the molecule is COc1ccc(N2C(=O)S/C(=C/c3cccc(OCC(=O)O)c3)C2=O)cc1. The maximum Gasteiger partial charge on any atom is 0.341 e. The minimum absolute atomic E-state index is 0.270. The molecule has 138 valence electrons. The Morgan fingerprint density at radius 3 is 2.56 bits per heavy atom. The summed E-state index contributed by atoms with van der Waals surface area (Å²) in [5.74, 6) is -0.520. The number of benzene rings is 2. The first kappa shape index (κ1) is 18.5. The predicted octanol–water partition coefficient (Wildman–Crippen LogP) is 3.40. The molecule has 7 nitrogen and oxygen atoms in total. The number of thioether (sulfide) groups is 1. The largest absolute Gasteiger partial charge is 0.497 e. The summed E-state index contributed by atoms with van der Waals surface area (Å²) in [4.78, 5) is 36.9. The number of imide groups is 1. The maximum atomic E-state index is 12.7. The number of ether oxygens (including phenoxy) is 2. The van der Waals surface area contributed by atoms with Gasteiger partial charge in [-0.3, -0.25) is 9.59 Å². The van der Waals surface area contributed by atoms with Gasteiger partial charge in [-0.1, -0.05) is 12.1 Å². The Morgan fingerprint density at radius 1 is 1.15 bits per heavy atom. The number of methoxy groups -OCH3 is 1. The molecule has 1 heterocycles. The van der Waals surface area contributed by atoms with Crippen LogP contribution in [0.2, 0.25) is 0 Å². The monoisotopic (exact) mass is 385 g/mol. The number of amides is 2. The van der Waals surface area contributed by atoms with Gasteiger partial charge in [0, 0.05) is 0 Å². The van der Waals surface area contributed by atoms with Gasteiger partial charge in [0.1, 0.15) is 11.5 Å². The summed E-state index contributed by atoms with van der Waals surface area (Å²) in [6, 6.07) is 13.2. The van der Waals surface area contributed by atoms with Crippen LogP contribution >= 0.6 is 11.8 Å². The molecule has 1 saturated heterocycles. The van der Waals surface area contributed by atoms with Crippen molar-refractivity contribution in [2.24, 2.45) is 0 Å². The normalized spacial score (nSPS) is 15.3. The molecule has 1 fully saturated rings. The number of carboxylic acid groups (broad SMARTS) is 1. The van der Waals surface area contributed by atoms with Crippen LogP contribution in [0.3, 0.4) is 0 Å². The third-order valence-corrected chi connectivity index (χ3v) is 4.51. The van der Waals surface area contributed by atoms with Crippen LogP contribution in [0.1, 0.15) is 5.56 Å². The lowest BCUT2D eigenvalue weighted by molar-refractivity contribution is -0.139. The minimum atomic E-state index is -1.08. The fraction of sp³-hybridized carbons (Fsp3) is 0.105. The fourth-order valence-corrected chi connectivity index (χ4v) is 3.25.